The highest BCUT2D eigenvalue weighted by molar-refractivity contribution is 5.31. The minimum Gasteiger partial charge on any atom is -0.438 e. The fourth-order valence-corrected chi connectivity index (χ4v) is 1.35. The summed E-state index contributed by atoms with van der Waals surface area (Å²) in [4.78, 5) is 7.86. The van der Waals surface area contributed by atoms with E-state index in [0.29, 0.717) is 23.9 Å². The van der Waals surface area contributed by atoms with Crippen LogP contribution in [0.15, 0.2) is 36.7 Å². The van der Waals surface area contributed by atoms with E-state index in [2.05, 4.69) is 9.97 Å². The first-order valence-corrected chi connectivity index (χ1v) is 5.23. The van der Waals surface area contributed by atoms with Crippen molar-refractivity contribution in [3.63, 3.8) is 0 Å². The van der Waals surface area contributed by atoms with Gasteiger partial charge in [0.05, 0.1) is 12.4 Å². The molecule has 2 rings (SSSR count). The van der Waals surface area contributed by atoms with Crippen molar-refractivity contribution in [1.82, 2.24) is 9.97 Å². The number of rotatable bonds is 4. The lowest BCUT2D eigenvalue weighted by Gasteiger charge is -2.05. The average Bonchev–Trinajstić information content (AvgIpc) is 2.35. The molecule has 88 valence electrons. The molecule has 5 nitrogen and oxygen atoms in total. The molecule has 2 aromatic rings. The predicted molar refractivity (Wildman–Crippen MR) is 63.8 cm³/mol. The molecule has 0 aliphatic heterocycles. The highest BCUT2D eigenvalue weighted by atomic mass is 16.5. The van der Waals surface area contributed by atoms with Gasteiger partial charge in [-0.2, -0.15) is 0 Å². The highest BCUT2D eigenvalue weighted by Gasteiger charge is 1.99. The fraction of sp³-hybridized carbons (Fsp3) is 0.167. The molecule has 1 aromatic carbocycles. The number of ether oxygens (including phenoxy) is 1. The Labute approximate surface area is 98.9 Å². The van der Waals surface area contributed by atoms with Crippen LogP contribution in [-0.4, -0.2) is 21.7 Å². The molecular formula is C12H13N3O2. The van der Waals surface area contributed by atoms with Crippen LogP contribution in [0.3, 0.4) is 0 Å². The number of nitrogens with two attached hydrogens (primary N) is 1. The van der Waals surface area contributed by atoms with Crippen molar-refractivity contribution in [3.8, 4) is 11.6 Å². The zero-order valence-electron chi connectivity index (χ0n) is 9.21. The van der Waals surface area contributed by atoms with E-state index in [1.165, 1.54) is 12.4 Å². The first-order valence-electron chi connectivity index (χ1n) is 5.23. The molecule has 1 heterocycles. The van der Waals surface area contributed by atoms with E-state index in [0.717, 1.165) is 5.56 Å². The predicted octanol–water partition coefficient (Wildman–Crippen LogP) is 1.39. The van der Waals surface area contributed by atoms with Crippen LogP contribution < -0.4 is 10.5 Å². The molecule has 0 spiro atoms. The van der Waals surface area contributed by atoms with Crippen LogP contribution in [0.2, 0.25) is 0 Å². The smallest absolute Gasteiger partial charge is 0.237 e. The summed E-state index contributed by atoms with van der Waals surface area (Å²) in [6.45, 7) is 0.143. The Morgan fingerprint density at radius 1 is 1.12 bits per heavy atom. The fourth-order valence-electron chi connectivity index (χ4n) is 1.35. The van der Waals surface area contributed by atoms with Crippen LogP contribution in [0.1, 0.15) is 5.56 Å². The van der Waals surface area contributed by atoms with E-state index >= 15 is 0 Å². The quantitative estimate of drug-likeness (QED) is 0.830. The first kappa shape index (κ1) is 11.3. The van der Waals surface area contributed by atoms with Gasteiger partial charge in [-0.3, -0.25) is 0 Å². The molecule has 0 amide bonds. The second-order valence-electron chi connectivity index (χ2n) is 3.50. The summed E-state index contributed by atoms with van der Waals surface area (Å²) in [5, 5.41) is 8.79. The van der Waals surface area contributed by atoms with Gasteiger partial charge in [-0.1, -0.05) is 12.1 Å². The molecule has 0 saturated heterocycles. The van der Waals surface area contributed by atoms with Gasteiger partial charge in [-0.15, -0.1) is 0 Å². The number of hydrogen-bond donors (Lipinski definition) is 2. The molecule has 1 aromatic heterocycles. The molecule has 17 heavy (non-hydrogen) atoms. The van der Waals surface area contributed by atoms with Gasteiger partial charge in [0.25, 0.3) is 0 Å². The number of benzene rings is 1. The summed E-state index contributed by atoms with van der Waals surface area (Å²) in [6.07, 6.45) is 3.55. The Hall–Kier alpha value is -2.14. The minimum absolute atomic E-state index is 0.143. The van der Waals surface area contributed by atoms with E-state index in [1.807, 2.05) is 24.3 Å². The lowest BCUT2D eigenvalue weighted by Crippen LogP contribution is -1.94. The van der Waals surface area contributed by atoms with E-state index in [4.69, 9.17) is 15.6 Å². The second kappa shape index (κ2) is 5.27. The van der Waals surface area contributed by atoms with Gasteiger partial charge in [0.1, 0.15) is 11.6 Å². The maximum absolute atomic E-state index is 8.79. The summed E-state index contributed by atoms with van der Waals surface area (Å²) in [7, 11) is 0. The standard InChI is InChI=1S/C12H13N3O2/c13-11-7-15-12(8-14-11)17-10-3-1-9(2-4-10)5-6-16/h1-4,7-8,16H,5-6H2,(H2,13,14). The van der Waals surface area contributed by atoms with E-state index in [1.54, 1.807) is 0 Å². The van der Waals surface area contributed by atoms with Gasteiger partial charge in [-0.25, -0.2) is 9.97 Å². The van der Waals surface area contributed by atoms with E-state index in [9.17, 15) is 0 Å². The number of anilines is 1. The van der Waals surface area contributed by atoms with Crippen molar-refractivity contribution in [2.24, 2.45) is 0 Å². The van der Waals surface area contributed by atoms with Crippen LogP contribution in [-0.2, 0) is 6.42 Å². The minimum atomic E-state index is 0.143. The lowest BCUT2D eigenvalue weighted by atomic mass is 10.1. The van der Waals surface area contributed by atoms with Crippen molar-refractivity contribution >= 4 is 5.82 Å². The Morgan fingerprint density at radius 3 is 2.47 bits per heavy atom. The number of hydrogen-bond acceptors (Lipinski definition) is 5. The second-order valence-corrected chi connectivity index (χ2v) is 3.50. The molecule has 0 atom stereocenters. The molecule has 0 aliphatic carbocycles. The summed E-state index contributed by atoms with van der Waals surface area (Å²) in [6, 6.07) is 7.44. The largest absolute Gasteiger partial charge is 0.438 e. The van der Waals surface area contributed by atoms with Crippen molar-refractivity contribution < 1.29 is 9.84 Å². The Balaban J connectivity index is 2.05. The first-order chi connectivity index (χ1) is 8.28. The van der Waals surface area contributed by atoms with Crippen molar-refractivity contribution in [2.75, 3.05) is 12.3 Å². The Bertz CT molecular complexity index is 468. The molecule has 0 bridgehead atoms. The zero-order valence-corrected chi connectivity index (χ0v) is 9.21. The summed E-state index contributed by atoms with van der Waals surface area (Å²) < 4.78 is 5.47. The van der Waals surface area contributed by atoms with Gasteiger partial charge in [0.15, 0.2) is 0 Å². The van der Waals surface area contributed by atoms with Crippen LogP contribution in [0, 0.1) is 0 Å². The monoisotopic (exact) mass is 231 g/mol. The van der Waals surface area contributed by atoms with Crippen LogP contribution >= 0.6 is 0 Å². The topological polar surface area (TPSA) is 81.3 Å². The van der Waals surface area contributed by atoms with Gasteiger partial charge >= 0.3 is 0 Å². The maximum Gasteiger partial charge on any atom is 0.237 e. The molecule has 5 heteroatoms. The molecule has 0 radical (unpaired) electrons. The third kappa shape index (κ3) is 3.15. The molecule has 0 fully saturated rings. The van der Waals surface area contributed by atoms with Crippen molar-refractivity contribution in [2.45, 2.75) is 6.42 Å². The number of nitrogen functional groups attached to an aromatic ring is 1. The van der Waals surface area contributed by atoms with Crippen molar-refractivity contribution in [3.05, 3.63) is 42.2 Å². The Kier molecular flexibility index (Phi) is 3.52. The Morgan fingerprint density at radius 2 is 1.88 bits per heavy atom. The van der Waals surface area contributed by atoms with Crippen LogP contribution in [0.25, 0.3) is 0 Å². The van der Waals surface area contributed by atoms with Crippen LogP contribution in [0.5, 0.6) is 11.6 Å². The number of aliphatic hydroxyl groups is 1. The molecule has 3 N–H and O–H groups in total. The maximum atomic E-state index is 8.79. The third-order valence-electron chi connectivity index (χ3n) is 2.19. The number of nitrogens with zero attached hydrogens (tertiary/aromatic N) is 2. The number of aromatic nitrogens is 2. The normalized spacial score (nSPS) is 10.2. The summed E-state index contributed by atoms with van der Waals surface area (Å²) >= 11 is 0. The van der Waals surface area contributed by atoms with Gasteiger partial charge in [-0.05, 0) is 24.1 Å². The van der Waals surface area contributed by atoms with Crippen molar-refractivity contribution in [1.29, 1.82) is 0 Å². The SMILES string of the molecule is Nc1cnc(Oc2ccc(CCO)cc2)cn1. The van der Waals surface area contributed by atoms with Gasteiger partial charge in [0.2, 0.25) is 5.88 Å². The third-order valence-corrected chi connectivity index (χ3v) is 2.19. The molecule has 0 unspecified atom stereocenters. The highest BCUT2D eigenvalue weighted by Crippen LogP contribution is 2.19. The van der Waals surface area contributed by atoms with E-state index in [-0.39, 0.29) is 6.61 Å². The zero-order chi connectivity index (χ0) is 12.1. The summed E-state index contributed by atoms with van der Waals surface area (Å²) in [5.41, 5.74) is 6.48. The lowest BCUT2D eigenvalue weighted by molar-refractivity contribution is 0.299. The number of aliphatic hydroxyl groups excluding tert-OH is 1. The van der Waals surface area contributed by atoms with Crippen LogP contribution in [0.4, 0.5) is 5.82 Å². The van der Waals surface area contributed by atoms with Gasteiger partial charge < -0.3 is 15.6 Å². The molecule has 0 saturated carbocycles. The average molecular weight is 231 g/mol. The van der Waals surface area contributed by atoms with Gasteiger partial charge in [0, 0.05) is 6.61 Å². The van der Waals surface area contributed by atoms with E-state index < -0.39 is 0 Å². The summed E-state index contributed by atoms with van der Waals surface area (Å²) in [5.74, 6) is 1.43. The molecular weight excluding hydrogens is 218 g/mol. The molecule has 0 aliphatic rings.